The minimum absolute atomic E-state index is 0.297. The molecule has 0 aliphatic rings. The lowest BCUT2D eigenvalue weighted by Crippen LogP contribution is -1.94. The Bertz CT molecular complexity index is 706. The number of aliphatic hydroxyl groups excluding tert-OH is 1. The number of fused-ring (bicyclic) bond motifs is 1. The molecular formula is C14H11FN2O. The van der Waals surface area contributed by atoms with E-state index in [9.17, 15) is 4.39 Å². The molecule has 0 radical (unpaired) electrons. The molecule has 0 aliphatic heterocycles. The monoisotopic (exact) mass is 242 g/mol. The number of nitrogens with zero attached hydrogens (tertiary/aromatic N) is 2. The molecule has 0 spiro atoms. The summed E-state index contributed by atoms with van der Waals surface area (Å²) in [6.07, 6.45) is 3.48. The SMILES string of the molecule is OCc1cccc(-c2ccn3nccc3c2)c1F. The molecule has 2 aromatic heterocycles. The Hall–Kier alpha value is -2.20. The molecular weight excluding hydrogens is 231 g/mol. The van der Waals surface area contributed by atoms with E-state index in [0.717, 1.165) is 11.1 Å². The molecule has 0 unspecified atom stereocenters. The Morgan fingerprint density at radius 2 is 2.11 bits per heavy atom. The van der Waals surface area contributed by atoms with Crippen molar-refractivity contribution >= 4 is 5.52 Å². The first kappa shape index (κ1) is 10.9. The van der Waals surface area contributed by atoms with Crippen LogP contribution in [0.1, 0.15) is 5.56 Å². The van der Waals surface area contributed by atoms with Gasteiger partial charge in [-0.15, -0.1) is 0 Å². The van der Waals surface area contributed by atoms with Gasteiger partial charge in [-0.2, -0.15) is 5.10 Å². The molecule has 90 valence electrons. The summed E-state index contributed by atoms with van der Waals surface area (Å²) >= 11 is 0. The molecule has 3 rings (SSSR count). The molecule has 0 saturated heterocycles. The number of aromatic nitrogens is 2. The highest BCUT2D eigenvalue weighted by Crippen LogP contribution is 2.25. The zero-order chi connectivity index (χ0) is 12.5. The molecule has 2 heterocycles. The van der Waals surface area contributed by atoms with Gasteiger partial charge in [-0.05, 0) is 23.8 Å². The predicted molar refractivity (Wildman–Crippen MR) is 66.5 cm³/mol. The maximum Gasteiger partial charge on any atom is 0.136 e. The molecule has 0 aliphatic carbocycles. The van der Waals surface area contributed by atoms with Crippen molar-refractivity contribution in [2.75, 3.05) is 0 Å². The lowest BCUT2D eigenvalue weighted by Gasteiger charge is -2.07. The van der Waals surface area contributed by atoms with Crippen LogP contribution in [0.5, 0.6) is 0 Å². The molecule has 1 aromatic carbocycles. The zero-order valence-electron chi connectivity index (χ0n) is 9.55. The third kappa shape index (κ3) is 1.67. The first-order valence-corrected chi connectivity index (χ1v) is 5.61. The van der Waals surface area contributed by atoms with E-state index < -0.39 is 0 Å². The number of benzene rings is 1. The Morgan fingerprint density at radius 3 is 2.94 bits per heavy atom. The van der Waals surface area contributed by atoms with E-state index in [2.05, 4.69) is 5.10 Å². The van der Waals surface area contributed by atoms with Gasteiger partial charge in [0.25, 0.3) is 0 Å². The second-order valence-electron chi connectivity index (χ2n) is 4.05. The van der Waals surface area contributed by atoms with Crippen LogP contribution in [-0.2, 0) is 6.61 Å². The maximum atomic E-state index is 14.1. The van der Waals surface area contributed by atoms with E-state index in [4.69, 9.17) is 5.11 Å². The Balaban J connectivity index is 2.19. The van der Waals surface area contributed by atoms with Crippen LogP contribution in [0.25, 0.3) is 16.6 Å². The lowest BCUT2D eigenvalue weighted by molar-refractivity contribution is 0.276. The van der Waals surface area contributed by atoms with E-state index in [0.29, 0.717) is 11.1 Å². The van der Waals surface area contributed by atoms with Crippen LogP contribution >= 0.6 is 0 Å². The average molecular weight is 242 g/mol. The summed E-state index contributed by atoms with van der Waals surface area (Å²) in [5.74, 6) is -0.371. The van der Waals surface area contributed by atoms with E-state index in [1.165, 1.54) is 0 Å². The largest absolute Gasteiger partial charge is 0.392 e. The summed E-state index contributed by atoms with van der Waals surface area (Å²) in [6.45, 7) is -0.297. The summed E-state index contributed by atoms with van der Waals surface area (Å²) in [5.41, 5.74) is 2.48. The summed E-state index contributed by atoms with van der Waals surface area (Å²) < 4.78 is 15.8. The van der Waals surface area contributed by atoms with Crippen LogP contribution in [0.4, 0.5) is 4.39 Å². The third-order valence-corrected chi connectivity index (χ3v) is 2.96. The van der Waals surface area contributed by atoms with Gasteiger partial charge in [-0.3, -0.25) is 0 Å². The van der Waals surface area contributed by atoms with E-state index in [1.54, 1.807) is 41.2 Å². The van der Waals surface area contributed by atoms with Crippen molar-refractivity contribution in [1.29, 1.82) is 0 Å². The van der Waals surface area contributed by atoms with Gasteiger partial charge in [0, 0.05) is 23.5 Å². The number of hydrogen-bond donors (Lipinski definition) is 1. The Labute approximate surface area is 103 Å². The number of aliphatic hydroxyl groups is 1. The fourth-order valence-electron chi connectivity index (χ4n) is 2.01. The van der Waals surface area contributed by atoms with E-state index in [1.807, 2.05) is 12.1 Å². The zero-order valence-corrected chi connectivity index (χ0v) is 9.55. The molecule has 1 N–H and O–H groups in total. The van der Waals surface area contributed by atoms with Crippen LogP contribution in [-0.4, -0.2) is 14.7 Å². The number of hydrogen-bond acceptors (Lipinski definition) is 2. The van der Waals surface area contributed by atoms with Gasteiger partial charge in [0.2, 0.25) is 0 Å². The number of halogens is 1. The van der Waals surface area contributed by atoms with Crippen LogP contribution < -0.4 is 0 Å². The highest BCUT2D eigenvalue weighted by Gasteiger charge is 2.09. The first-order chi connectivity index (χ1) is 8.79. The summed E-state index contributed by atoms with van der Waals surface area (Å²) in [5, 5.41) is 13.2. The topological polar surface area (TPSA) is 37.5 Å². The average Bonchev–Trinajstić information content (AvgIpc) is 2.86. The number of pyridine rings is 1. The number of rotatable bonds is 2. The van der Waals surface area contributed by atoms with Crippen molar-refractivity contribution in [3.63, 3.8) is 0 Å². The minimum atomic E-state index is -0.371. The molecule has 18 heavy (non-hydrogen) atoms. The van der Waals surface area contributed by atoms with Crippen LogP contribution in [0.15, 0.2) is 48.8 Å². The molecule has 3 nitrogen and oxygen atoms in total. The van der Waals surface area contributed by atoms with Crippen molar-refractivity contribution in [1.82, 2.24) is 9.61 Å². The molecule has 3 aromatic rings. The highest BCUT2D eigenvalue weighted by molar-refractivity contribution is 5.69. The quantitative estimate of drug-likeness (QED) is 0.750. The third-order valence-electron chi connectivity index (χ3n) is 2.96. The molecule has 0 bridgehead atoms. The highest BCUT2D eigenvalue weighted by atomic mass is 19.1. The maximum absolute atomic E-state index is 14.1. The fraction of sp³-hybridized carbons (Fsp3) is 0.0714. The second kappa shape index (κ2) is 4.23. The van der Waals surface area contributed by atoms with Crippen LogP contribution in [0, 0.1) is 5.82 Å². The van der Waals surface area contributed by atoms with E-state index in [-0.39, 0.29) is 12.4 Å². The van der Waals surface area contributed by atoms with Gasteiger partial charge in [0.05, 0.1) is 12.1 Å². The Kier molecular flexibility index (Phi) is 2.57. The van der Waals surface area contributed by atoms with Gasteiger partial charge in [0.15, 0.2) is 0 Å². The van der Waals surface area contributed by atoms with Crippen LogP contribution in [0.2, 0.25) is 0 Å². The first-order valence-electron chi connectivity index (χ1n) is 5.61. The second-order valence-corrected chi connectivity index (χ2v) is 4.05. The summed E-state index contributed by atoms with van der Waals surface area (Å²) in [6, 6.07) is 10.6. The summed E-state index contributed by atoms with van der Waals surface area (Å²) in [4.78, 5) is 0. The molecule has 0 saturated carbocycles. The molecule has 0 amide bonds. The van der Waals surface area contributed by atoms with Crippen LogP contribution in [0.3, 0.4) is 0 Å². The predicted octanol–water partition coefficient (Wildman–Crippen LogP) is 2.63. The fourth-order valence-corrected chi connectivity index (χ4v) is 2.01. The lowest BCUT2D eigenvalue weighted by atomic mass is 10.0. The van der Waals surface area contributed by atoms with Crippen molar-refractivity contribution in [3.05, 3.63) is 60.2 Å². The van der Waals surface area contributed by atoms with Crippen molar-refractivity contribution in [3.8, 4) is 11.1 Å². The van der Waals surface area contributed by atoms with E-state index >= 15 is 0 Å². The van der Waals surface area contributed by atoms with Crippen molar-refractivity contribution < 1.29 is 9.50 Å². The van der Waals surface area contributed by atoms with Gasteiger partial charge >= 0.3 is 0 Å². The van der Waals surface area contributed by atoms with Gasteiger partial charge in [0.1, 0.15) is 5.82 Å². The van der Waals surface area contributed by atoms with Gasteiger partial charge in [-0.1, -0.05) is 18.2 Å². The van der Waals surface area contributed by atoms with Gasteiger partial charge in [-0.25, -0.2) is 8.91 Å². The van der Waals surface area contributed by atoms with Crippen molar-refractivity contribution in [2.24, 2.45) is 0 Å². The summed E-state index contributed by atoms with van der Waals surface area (Å²) in [7, 11) is 0. The van der Waals surface area contributed by atoms with Gasteiger partial charge < -0.3 is 5.11 Å². The smallest absolute Gasteiger partial charge is 0.136 e. The molecule has 0 atom stereocenters. The van der Waals surface area contributed by atoms with Crippen molar-refractivity contribution in [2.45, 2.75) is 6.61 Å². The molecule has 0 fully saturated rings. The standard InChI is InChI=1S/C14H11FN2O/c15-14-11(9-18)2-1-3-13(14)10-5-7-17-12(8-10)4-6-16-17/h1-8,18H,9H2. The molecule has 4 heteroatoms. The minimum Gasteiger partial charge on any atom is -0.392 e. The Morgan fingerprint density at radius 1 is 1.22 bits per heavy atom. The normalized spacial score (nSPS) is 11.0.